The molecule has 0 atom stereocenters. The first-order valence-electron chi connectivity index (χ1n) is 9.42. The number of nitrogens with zero attached hydrogens (tertiary/aromatic N) is 2. The average Bonchev–Trinajstić information content (AvgIpc) is 2.72. The number of fused-ring (bicyclic) bond motifs is 1. The van der Waals surface area contributed by atoms with Gasteiger partial charge in [0.05, 0.1) is 16.0 Å². The van der Waals surface area contributed by atoms with E-state index >= 15 is 0 Å². The van der Waals surface area contributed by atoms with Gasteiger partial charge in [-0.25, -0.2) is 4.79 Å². The summed E-state index contributed by atoms with van der Waals surface area (Å²) in [4.78, 5) is 39.9. The van der Waals surface area contributed by atoms with Crippen molar-refractivity contribution in [2.75, 3.05) is 11.9 Å². The van der Waals surface area contributed by atoms with Gasteiger partial charge in [-0.3, -0.25) is 19.9 Å². The van der Waals surface area contributed by atoms with E-state index in [2.05, 4.69) is 10.3 Å². The highest BCUT2D eigenvalue weighted by Crippen LogP contribution is 2.25. The lowest BCUT2D eigenvalue weighted by atomic mass is 10.0. The standard InChI is InChI=1S/C22H21N3O5/c1-4-17-14(3)21(16-7-5-6-8-19(16)23-17)22(27)30-12-20(26)24-18-10-9-15(25(28)29)11-13(18)2/h5-11H,4,12H2,1-3H3,(H,24,26). The molecule has 0 saturated heterocycles. The first kappa shape index (κ1) is 20.9. The van der Waals surface area contributed by atoms with Gasteiger partial charge in [0.15, 0.2) is 6.61 Å². The fourth-order valence-corrected chi connectivity index (χ4v) is 3.26. The Morgan fingerprint density at radius 1 is 1.17 bits per heavy atom. The van der Waals surface area contributed by atoms with Crippen molar-refractivity contribution in [1.29, 1.82) is 0 Å². The van der Waals surface area contributed by atoms with Crippen molar-refractivity contribution in [2.45, 2.75) is 27.2 Å². The number of hydrogen-bond acceptors (Lipinski definition) is 6. The first-order valence-corrected chi connectivity index (χ1v) is 9.42. The number of aromatic nitrogens is 1. The number of non-ortho nitro benzene ring substituents is 1. The molecule has 1 N–H and O–H groups in total. The molecule has 8 nitrogen and oxygen atoms in total. The molecule has 1 aromatic heterocycles. The zero-order chi connectivity index (χ0) is 21.8. The largest absolute Gasteiger partial charge is 0.452 e. The molecule has 0 aliphatic heterocycles. The van der Waals surface area contributed by atoms with Gasteiger partial charge in [0.25, 0.3) is 11.6 Å². The number of hydrogen-bond donors (Lipinski definition) is 1. The number of esters is 1. The monoisotopic (exact) mass is 407 g/mol. The number of amides is 1. The Labute approximate surface area is 173 Å². The number of anilines is 1. The summed E-state index contributed by atoms with van der Waals surface area (Å²) in [6.45, 7) is 4.94. The number of benzene rings is 2. The number of nitro benzene ring substituents is 1. The van der Waals surface area contributed by atoms with Gasteiger partial charge in [-0.15, -0.1) is 0 Å². The van der Waals surface area contributed by atoms with Crippen LogP contribution in [-0.2, 0) is 16.0 Å². The third-order valence-corrected chi connectivity index (χ3v) is 4.80. The van der Waals surface area contributed by atoms with Crippen molar-refractivity contribution < 1.29 is 19.2 Å². The lowest BCUT2D eigenvalue weighted by Crippen LogP contribution is -2.22. The second-order valence-electron chi connectivity index (χ2n) is 6.81. The van der Waals surface area contributed by atoms with Crippen LogP contribution < -0.4 is 5.32 Å². The summed E-state index contributed by atoms with van der Waals surface area (Å²) in [5.41, 5.74) is 3.51. The van der Waals surface area contributed by atoms with Crippen LogP contribution in [0.3, 0.4) is 0 Å². The maximum absolute atomic E-state index is 12.8. The number of carbonyl (C=O) groups excluding carboxylic acids is 2. The molecule has 1 amide bonds. The highest BCUT2D eigenvalue weighted by Gasteiger charge is 2.20. The molecule has 0 radical (unpaired) electrons. The number of nitro groups is 1. The number of pyridine rings is 1. The molecule has 0 unspecified atom stereocenters. The summed E-state index contributed by atoms with van der Waals surface area (Å²) in [6.07, 6.45) is 0.664. The average molecular weight is 407 g/mol. The van der Waals surface area contributed by atoms with Crippen LogP contribution in [0.25, 0.3) is 10.9 Å². The fourth-order valence-electron chi connectivity index (χ4n) is 3.26. The Morgan fingerprint density at radius 2 is 1.90 bits per heavy atom. The van der Waals surface area contributed by atoms with E-state index in [1.54, 1.807) is 13.0 Å². The third-order valence-electron chi connectivity index (χ3n) is 4.80. The van der Waals surface area contributed by atoms with Crippen LogP contribution in [0.2, 0.25) is 0 Å². The summed E-state index contributed by atoms with van der Waals surface area (Å²) < 4.78 is 5.27. The molecule has 30 heavy (non-hydrogen) atoms. The molecule has 3 rings (SSSR count). The minimum Gasteiger partial charge on any atom is -0.452 e. The lowest BCUT2D eigenvalue weighted by Gasteiger charge is -2.13. The normalized spacial score (nSPS) is 10.6. The molecule has 0 saturated carbocycles. The maximum Gasteiger partial charge on any atom is 0.339 e. The van der Waals surface area contributed by atoms with Crippen LogP contribution >= 0.6 is 0 Å². The predicted octanol–water partition coefficient (Wildman–Crippen LogP) is 4.12. The van der Waals surface area contributed by atoms with Crippen molar-refractivity contribution in [3.05, 3.63) is 75.0 Å². The minimum absolute atomic E-state index is 0.0660. The summed E-state index contributed by atoms with van der Waals surface area (Å²) in [6, 6.07) is 11.4. The smallest absolute Gasteiger partial charge is 0.339 e. The van der Waals surface area contributed by atoms with E-state index in [4.69, 9.17) is 4.74 Å². The summed E-state index contributed by atoms with van der Waals surface area (Å²) >= 11 is 0. The molecule has 0 aliphatic carbocycles. The van der Waals surface area contributed by atoms with Crippen LogP contribution in [0.1, 0.15) is 34.1 Å². The molecule has 0 bridgehead atoms. The van der Waals surface area contributed by atoms with Crippen LogP contribution in [0, 0.1) is 24.0 Å². The van der Waals surface area contributed by atoms with E-state index in [0.29, 0.717) is 34.1 Å². The number of ether oxygens (including phenoxy) is 1. The van der Waals surface area contributed by atoms with Gasteiger partial charge in [-0.05, 0) is 43.5 Å². The second kappa shape index (κ2) is 8.69. The number of rotatable bonds is 6. The van der Waals surface area contributed by atoms with Gasteiger partial charge in [0, 0.05) is 28.9 Å². The number of nitrogens with one attached hydrogen (secondary N) is 1. The van der Waals surface area contributed by atoms with Gasteiger partial charge in [-0.2, -0.15) is 0 Å². The van der Waals surface area contributed by atoms with E-state index in [1.165, 1.54) is 18.2 Å². The molecule has 1 heterocycles. The van der Waals surface area contributed by atoms with Gasteiger partial charge in [0.1, 0.15) is 0 Å². The Morgan fingerprint density at radius 3 is 2.57 bits per heavy atom. The van der Waals surface area contributed by atoms with E-state index < -0.39 is 23.4 Å². The van der Waals surface area contributed by atoms with Gasteiger partial charge >= 0.3 is 5.97 Å². The summed E-state index contributed by atoms with van der Waals surface area (Å²) in [7, 11) is 0. The second-order valence-corrected chi connectivity index (χ2v) is 6.81. The van der Waals surface area contributed by atoms with E-state index in [0.717, 1.165) is 11.3 Å². The topological polar surface area (TPSA) is 111 Å². The van der Waals surface area contributed by atoms with Crippen LogP contribution in [0.15, 0.2) is 42.5 Å². The van der Waals surface area contributed by atoms with E-state index in [1.807, 2.05) is 32.0 Å². The summed E-state index contributed by atoms with van der Waals surface area (Å²) in [5.74, 6) is -1.14. The highest BCUT2D eigenvalue weighted by atomic mass is 16.6. The molecule has 3 aromatic rings. The van der Waals surface area contributed by atoms with Crippen molar-refractivity contribution in [3.63, 3.8) is 0 Å². The van der Waals surface area contributed by atoms with Crippen molar-refractivity contribution in [2.24, 2.45) is 0 Å². The van der Waals surface area contributed by atoms with Crippen molar-refractivity contribution in [1.82, 2.24) is 4.98 Å². The van der Waals surface area contributed by atoms with E-state index in [9.17, 15) is 19.7 Å². The molecular formula is C22H21N3O5. The summed E-state index contributed by atoms with van der Waals surface area (Å²) in [5, 5.41) is 14.1. The first-order chi connectivity index (χ1) is 14.3. The molecule has 8 heteroatoms. The molecule has 2 aromatic carbocycles. The molecule has 154 valence electrons. The quantitative estimate of drug-likeness (QED) is 0.374. The molecule has 0 spiro atoms. The lowest BCUT2D eigenvalue weighted by molar-refractivity contribution is -0.384. The molecular weight excluding hydrogens is 386 g/mol. The van der Waals surface area contributed by atoms with Crippen LogP contribution in [-0.4, -0.2) is 28.4 Å². The number of aryl methyl sites for hydroxylation is 2. The predicted molar refractivity (Wildman–Crippen MR) is 113 cm³/mol. The number of carbonyl (C=O) groups is 2. The Balaban J connectivity index is 1.75. The van der Waals surface area contributed by atoms with Crippen LogP contribution in [0.4, 0.5) is 11.4 Å². The zero-order valence-electron chi connectivity index (χ0n) is 16.9. The Kier molecular flexibility index (Phi) is 6.06. The Hall–Kier alpha value is -3.81. The van der Waals surface area contributed by atoms with Crippen molar-refractivity contribution in [3.8, 4) is 0 Å². The SMILES string of the molecule is CCc1nc2ccccc2c(C(=O)OCC(=O)Nc2ccc([N+](=O)[O-])cc2C)c1C. The van der Waals surface area contributed by atoms with Crippen LogP contribution in [0.5, 0.6) is 0 Å². The van der Waals surface area contributed by atoms with Gasteiger partial charge in [0.2, 0.25) is 0 Å². The molecule has 0 aliphatic rings. The van der Waals surface area contributed by atoms with E-state index in [-0.39, 0.29) is 5.69 Å². The Bertz CT molecular complexity index is 1160. The van der Waals surface area contributed by atoms with Gasteiger partial charge < -0.3 is 10.1 Å². The van der Waals surface area contributed by atoms with Crippen molar-refractivity contribution >= 4 is 34.2 Å². The molecule has 0 fully saturated rings. The minimum atomic E-state index is -0.601. The maximum atomic E-state index is 12.8. The highest BCUT2D eigenvalue weighted by molar-refractivity contribution is 6.06. The third kappa shape index (κ3) is 4.27. The fraction of sp³-hybridized carbons (Fsp3) is 0.227. The number of para-hydroxylation sites is 1. The zero-order valence-corrected chi connectivity index (χ0v) is 16.9. The van der Waals surface area contributed by atoms with Gasteiger partial charge in [-0.1, -0.05) is 25.1 Å².